The van der Waals surface area contributed by atoms with Gasteiger partial charge in [-0.1, -0.05) is 40.9 Å². The minimum absolute atomic E-state index is 0.190. The van der Waals surface area contributed by atoms with E-state index in [1.807, 2.05) is 0 Å². The first-order chi connectivity index (χ1) is 9.98. The molecule has 0 aromatic heterocycles. The summed E-state index contributed by atoms with van der Waals surface area (Å²) in [6.07, 6.45) is 7.63. The van der Waals surface area contributed by atoms with Crippen LogP contribution in [0, 0.1) is 0 Å². The van der Waals surface area contributed by atoms with E-state index in [9.17, 15) is 8.42 Å². The van der Waals surface area contributed by atoms with Crippen molar-refractivity contribution in [1.29, 1.82) is 0 Å². The van der Waals surface area contributed by atoms with Crippen molar-refractivity contribution in [2.45, 2.75) is 37.9 Å². The number of halogens is 2. The summed E-state index contributed by atoms with van der Waals surface area (Å²) in [5.74, 6) is -0.190. The minimum atomic E-state index is -3.43. The second-order valence-electron chi connectivity index (χ2n) is 5.21. The van der Waals surface area contributed by atoms with Gasteiger partial charge in [0.05, 0.1) is 5.75 Å². The number of hydrogen-bond acceptors (Lipinski definition) is 2. The third-order valence-corrected chi connectivity index (χ3v) is 5.57. The Bertz CT molecular complexity index is 606. The lowest BCUT2D eigenvalue weighted by Gasteiger charge is -2.13. The van der Waals surface area contributed by atoms with Crippen LogP contribution in [0.2, 0.25) is 10.0 Å². The van der Waals surface area contributed by atoms with Gasteiger partial charge in [0.1, 0.15) is 0 Å². The molecule has 1 aromatic rings. The summed E-state index contributed by atoms with van der Waals surface area (Å²) < 4.78 is 26.8. The topological polar surface area (TPSA) is 46.2 Å². The molecule has 0 heterocycles. The fourth-order valence-electron chi connectivity index (χ4n) is 2.41. The molecule has 0 fully saturated rings. The van der Waals surface area contributed by atoms with Crippen molar-refractivity contribution in [1.82, 2.24) is 4.72 Å². The molecule has 1 aliphatic rings. The number of rotatable bonds is 6. The lowest BCUT2D eigenvalue weighted by atomic mass is 9.97. The van der Waals surface area contributed by atoms with E-state index in [1.54, 1.807) is 18.2 Å². The Kier molecular flexibility index (Phi) is 6.11. The predicted octanol–water partition coefficient (Wildman–Crippen LogP) is 4.30. The third-order valence-electron chi connectivity index (χ3n) is 3.55. The lowest BCUT2D eigenvalue weighted by Crippen LogP contribution is -2.26. The Morgan fingerprint density at radius 3 is 2.48 bits per heavy atom. The number of sulfonamides is 1. The van der Waals surface area contributed by atoms with Gasteiger partial charge in [0, 0.05) is 22.2 Å². The van der Waals surface area contributed by atoms with E-state index >= 15 is 0 Å². The third kappa shape index (κ3) is 5.29. The summed E-state index contributed by atoms with van der Waals surface area (Å²) >= 11 is 12.0. The van der Waals surface area contributed by atoms with Gasteiger partial charge in [-0.15, -0.1) is 0 Å². The molecule has 0 bridgehead atoms. The number of hydrogen-bond donors (Lipinski definition) is 1. The van der Waals surface area contributed by atoms with Crippen LogP contribution in [0.4, 0.5) is 0 Å². The average Bonchev–Trinajstić information content (AvgIpc) is 2.44. The SMILES string of the molecule is O=S(=O)(Cc1c(Cl)cccc1Cl)NCCC1=CCCCC1. The maximum atomic E-state index is 12.1. The van der Waals surface area contributed by atoms with Crippen molar-refractivity contribution in [2.24, 2.45) is 0 Å². The molecule has 21 heavy (non-hydrogen) atoms. The van der Waals surface area contributed by atoms with E-state index in [4.69, 9.17) is 23.2 Å². The van der Waals surface area contributed by atoms with E-state index in [-0.39, 0.29) is 5.75 Å². The van der Waals surface area contributed by atoms with Crippen molar-refractivity contribution in [3.05, 3.63) is 45.5 Å². The van der Waals surface area contributed by atoms with Crippen molar-refractivity contribution in [3.63, 3.8) is 0 Å². The van der Waals surface area contributed by atoms with E-state index in [0.717, 1.165) is 19.3 Å². The fraction of sp³-hybridized carbons (Fsp3) is 0.467. The van der Waals surface area contributed by atoms with Gasteiger partial charge >= 0.3 is 0 Å². The zero-order valence-corrected chi connectivity index (χ0v) is 14.1. The maximum Gasteiger partial charge on any atom is 0.215 e. The average molecular weight is 348 g/mol. The summed E-state index contributed by atoms with van der Waals surface area (Å²) in [6, 6.07) is 4.99. The van der Waals surface area contributed by atoms with Crippen LogP contribution >= 0.6 is 23.2 Å². The first-order valence-corrected chi connectivity index (χ1v) is 9.47. The fourth-order valence-corrected chi connectivity index (χ4v) is 4.31. The molecule has 0 aliphatic heterocycles. The minimum Gasteiger partial charge on any atom is -0.215 e. The van der Waals surface area contributed by atoms with E-state index in [0.29, 0.717) is 22.2 Å². The first kappa shape index (κ1) is 16.8. The summed E-state index contributed by atoms with van der Waals surface area (Å²) in [5, 5.41) is 0.755. The molecule has 1 aromatic carbocycles. The molecule has 6 heteroatoms. The number of benzene rings is 1. The van der Waals surface area contributed by atoms with E-state index in [1.165, 1.54) is 18.4 Å². The highest BCUT2D eigenvalue weighted by atomic mass is 35.5. The highest BCUT2D eigenvalue weighted by Gasteiger charge is 2.16. The summed E-state index contributed by atoms with van der Waals surface area (Å²) in [6.45, 7) is 0.427. The number of nitrogens with one attached hydrogen (secondary N) is 1. The summed E-state index contributed by atoms with van der Waals surface area (Å²) in [4.78, 5) is 0. The quantitative estimate of drug-likeness (QED) is 0.779. The molecule has 2 rings (SSSR count). The molecule has 3 nitrogen and oxygen atoms in total. The Hall–Kier alpha value is -0.550. The molecule has 0 spiro atoms. The largest absolute Gasteiger partial charge is 0.215 e. The highest BCUT2D eigenvalue weighted by molar-refractivity contribution is 7.88. The molecule has 0 atom stereocenters. The van der Waals surface area contributed by atoms with Gasteiger partial charge < -0.3 is 0 Å². The normalized spacial score (nSPS) is 15.8. The lowest BCUT2D eigenvalue weighted by molar-refractivity contribution is 0.578. The molecular formula is C15H19Cl2NO2S. The molecule has 1 N–H and O–H groups in total. The monoisotopic (exact) mass is 347 g/mol. The second-order valence-corrected chi connectivity index (χ2v) is 7.83. The van der Waals surface area contributed by atoms with Crippen LogP contribution in [0.15, 0.2) is 29.8 Å². The van der Waals surface area contributed by atoms with Gasteiger partial charge in [0.25, 0.3) is 0 Å². The Morgan fingerprint density at radius 1 is 1.14 bits per heavy atom. The van der Waals surface area contributed by atoms with E-state index < -0.39 is 10.0 Å². The molecule has 0 saturated carbocycles. The zero-order valence-electron chi connectivity index (χ0n) is 11.7. The van der Waals surface area contributed by atoms with E-state index in [2.05, 4.69) is 10.8 Å². The second kappa shape index (κ2) is 7.63. The molecule has 0 unspecified atom stereocenters. The van der Waals surface area contributed by atoms with Gasteiger partial charge in [-0.2, -0.15) is 0 Å². The predicted molar refractivity (Wildman–Crippen MR) is 88.3 cm³/mol. The van der Waals surface area contributed by atoms with Crippen molar-refractivity contribution in [2.75, 3.05) is 6.54 Å². The Morgan fingerprint density at radius 2 is 1.86 bits per heavy atom. The van der Waals surface area contributed by atoms with Crippen LogP contribution in [0.1, 0.15) is 37.7 Å². The van der Waals surface area contributed by atoms with Gasteiger partial charge in [-0.05, 0) is 44.2 Å². The van der Waals surface area contributed by atoms with Gasteiger partial charge in [0.2, 0.25) is 10.0 Å². The van der Waals surface area contributed by atoms with Crippen LogP contribution in [0.5, 0.6) is 0 Å². The highest BCUT2D eigenvalue weighted by Crippen LogP contribution is 2.26. The van der Waals surface area contributed by atoms with Gasteiger partial charge in [-0.25, -0.2) is 13.1 Å². The summed E-state index contributed by atoms with van der Waals surface area (Å²) in [7, 11) is -3.43. The van der Waals surface area contributed by atoms with Gasteiger partial charge in [-0.3, -0.25) is 0 Å². The molecule has 0 radical (unpaired) electrons. The van der Waals surface area contributed by atoms with Crippen LogP contribution in [0.3, 0.4) is 0 Å². The standard InChI is InChI=1S/C15H19Cl2NO2S/c16-14-7-4-8-15(17)13(14)11-21(19,20)18-10-9-12-5-2-1-3-6-12/h4-5,7-8,18H,1-3,6,9-11H2. The zero-order chi connectivity index (χ0) is 15.3. The maximum absolute atomic E-state index is 12.1. The molecule has 0 saturated heterocycles. The van der Waals surface area contributed by atoms with Crippen LogP contribution in [-0.2, 0) is 15.8 Å². The van der Waals surface area contributed by atoms with Crippen molar-refractivity contribution >= 4 is 33.2 Å². The number of allylic oxidation sites excluding steroid dienone is 1. The Labute approximate surface area is 136 Å². The van der Waals surface area contributed by atoms with Crippen molar-refractivity contribution < 1.29 is 8.42 Å². The van der Waals surface area contributed by atoms with Crippen LogP contribution < -0.4 is 4.72 Å². The summed E-state index contributed by atoms with van der Waals surface area (Å²) in [5.41, 5.74) is 1.80. The Balaban J connectivity index is 1.91. The molecule has 1 aliphatic carbocycles. The molecule has 0 amide bonds. The molecular weight excluding hydrogens is 329 g/mol. The van der Waals surface area contributed by atoms with Gasteiger partial charge in [0.15, 0.2) is 0 Å². The molecule has 116 valence electrons. The smallest absolute Gasteiger partial charge is 0.215 e. The van der Waals surface area contributed by atoms with Crippen molar-refractivity contribution in [3.8, 4) is 0 Å². The van der Waals surface area contributed by atoms with Crippen LogP contribution in [0.25, 0.3) is 0 Å². The first-order valence-electron chi connectivity index (χ1n) is 7.06. The van der Waals surface area contributed by atoms with Crippen LogP contribution in [-0.4, -0.2) is 15.0 Å².